The van der Waals surface area contributed by atoms with Crippen LogP contribution in [-0.2, 0) is 4.79 Å². The minimum atomic E-state index is -0.396. The minimum Gasteiger partial charge on any atom is -0.459 e. The number of nitrogens with zero attached hydrogens (tertiary/aromatic N) is 6. The van der Waals surface area contributed by atoms with Crippen LogP contribution in [0.4, 0.5) is 4.39 Å². The zero-order valence-corrected chi connectivity index (χ0v) is 16.1. The van der Waals surface area contributed by atoms with E-state index in [9.17, 15) is 14.0 Å². The third-order valence-electron chi connectivity index (χ3n) is 4.47. The molecule has 1 aliphatic rings. The third kappa shape index (κ3) is 4.29. The van der Waals surface area contributed by atoms with Crippen LogP contribution in [0.1, 0.15) is 10.6 Å². The van der Waals surface area contributed by atoms with Crippen molar-refractivity contribution in [2.45, 2.75) is 5.16 Å². The van der Waals surface area contributed by atoms with Crippen LogP contribution in [0.2, 0.25) is 0 Å². The zero-order chi connectivity index (χ0) is 20.2. The maximum Gasteiger partial charge on any atom is 0.289 e. The number of halogens is 1. The lowest BCUT2D eigenvalue weighted by Gasteiger charge is -2.34. The monoisotopic (exact) mass is 416 g/mol. The second-order valence-corrected chi connectivity index (χ2v) is 7.23. The molecular formula is C18H17FN6O3S. The number of carbonyl (C=O) groups is 2. The molecule has 0 radical (unpaired) electrons. The highest BCUT2D eigenvalue weighted by molar-refractivity contribution is 7.99. The molecule has 29 heavy (non-hydrogen) atoms. The van der Waals surface area contributed by atoms with Gasteiger partial charge < -0.3 is 14.2 Å². The van der Waals surface area contributed by atoms with Crippen molar-refractivity contribution in [3.63, 3.8) is 0 Å². The Morgan fingerprint density at radius 2 is 1.90 bits per heavy atom. The SMILES string of the molecule is O=C(CSc1nnnn1-c1cccc(F)c1)N1CCN(C(=O)c2ccco2)CC1. The lowest BCUT2D eigenvalue weighted by Crippen LogP contribution is -2.51. The van der Waals surface area contributed by atoms with Crippen molar-refractivity contribution < 1.29 is 18.4 Å². The fraction of sp³-hybridized carbons (Fsp3) is 0.278. The molecule has 0 aliphatic carbocycles. The summed E-state index contributed by atoms with van der Waals surface area (Å²) in [7, 11) is 0. The molecule has 1 aromatic carbocycles. The van der Waals surface area contributed by atoms with Crippen molar-refractivity contribution in [1.82, 2.24) is 30.0 Å². The molecule has 1 fully saturated rings. The highest BCUT2D eigenvalue weighted by atomic mass is 32.2. The summed E-state index contributed by atoms with van der Waals surface area (Å²) in [6.45, 7) is 1.77. The Morgan fingerprint density at radius 3 is 2.62 bits per heavy atom. The summed E-state index contributed by atoms with van der Waals surface area (Å²) in [5, 5.41) is 11.8. The molecule has 3 aromatic rings. The van der Waals surface area contributed by atoms with Gasteiger partial charge >= 0.3 is 0 Å². The number of hydrogen-bond acceptors (Lipinski definition) is 7. The van der Waals surface area contributed by atoms with E-state index in [1.165, 1.54) is 34.8 Å². The maximum absolute atomic E-state index is 13.4. The number of rotatable bonds is 5. The predicted octanol–water partition coefficient (Wildman–Crippen LogP) is 1.47. The van der Waals surface area contributed by atoms with Gasteiger partial charge in [0, 0.05) is 26.2 Å². The van der Waals surface area contributed by atoms with Gasteiger partial charge in [0.25, 0.3) is 5.91 Å². The molecule has 2 amide bonds. The van der Waals surface area contributed by atoms with Crippen LogP contribution in [0.25, 0.3) is 5.69 Å². The first-order valence-electron chi connectivity index (χ1n) is 8.89. The van der Waals surface area contributed by atoms with Crippen molar-refractivity contribution in [2.75, 3.05) is 31.9 Å². The Labute approximate surface area is 169 Å². The van der Waals surface area contributed by atoms with Gasteiger partial charge in [-0.1, -0.05) is 17.8 Å². The van der Waals surface area contributed by atoms with Crippen molar-refractivity contribution in [3.05, 3.63) is 54.2 Å². The first kappa shape index (κ1) is 19.1. The van der Waals surface area contributed by atoms with Crippen molar-refractivity contribution in [2.24, 2.45) is 0 Å². The first-order chi connectivity index (χ1) is 14.1. The number of piperazine rings is 1. The topological polar surface area (TPSA) is 97.4 Å². The number of carbonyl (C=O) groups excluding carboxylic acids is 2. The van der Waals surface area contributed by atoms with E-state index in [1.807, 2.05) is 0 Å². The van der Waals surface area contributed by atoms with Crippen LogP contribution in [0.5, 0.6) is 0 Å². The van der Waals surface area contributed by atoms with Gasteiger partial charge in [-0.2, -0.15) is 4.68 Å². The molecule has 0 spiro atoms. The van der Waals surface area contributed by atoms with Crippen molar-refractivity contribution >= 4 is 23.6 Å². The highest BCUT2D eigenvalue weighted by Crippen LogP contribution is 2.19. The maximum atomic E-state index is 13.4. The Kier molecular flexibility index (Phi) is 5.56. The summed E-state index contributed by atoms with van der Waals surface area (Å²) >= 11 is 1.18. The van der Waals surface area contributed by atoms with Crippen LogP contribution < -0.4 is 0 Å². The molecule has 150 valence electrons. The molecule has 1 aliphatic heterocycles. The van der Waals surface area contributed by atoms with E-state index in [0.717, 1.165) is 0 Å². The second kappa shape index (κ2) is 8.43. The normalized spacial score (nSPS) is 14.2. The summed E-state index contributed by atoms with van der Waals surface area (Å²) in [6, 6.07) is 9.19. The van der Waals surface area contributed by atoms with Crippen molar-refractivity contribution in [3.8, 4) is 5.69 Å². The van der Waals surface area contributed by atoms with Gasteiger partial charge in [0.05, 0.1) is 17.7 Å². The summed E-state index contributed by atoms with van der Waals surface area (Å²) in [4.78, 5) is 28.2. The van der Waals surface area contributed by atoms with E-state index in [4.69, 9.17) is 4.42 Å². The number of amides is 2. The molecular weight excluding hydrogens is 399 g/mol. The van der Waals surface area contributed by atoms with Crippen LogP contribution in [0, 0.1) is 5.82 Å². The number of benzene rings is 1. The van der Waals surface area contributed by atoms with Gasteiger partial charge in [-0.25, -0.2) is 4.39 Å². The fourth-order valence-corrected chi connectivity index (χ4v) is 3.77. The molecule has 0 bridgehead atoms. The van der Waals surface area contributed by atoms with Crippen molar-refractivity contribution in [1.29, 1.82) is 0 Å². The molecule has 11 heteroatoms. The van der Waals surface area contributed by atoms with Crippen LogP contribution in [0.3, 0.4) is 0 Å². The Bertz CT molecular complexity index is 1000. The van der Waals surface area contributed by atoms with Gasteiger partial charge in [-0.05, 0) is 40.8 Å². The van der Waals surface area contributed by atoms with Crippen LogP contribution in [-0.4, -0.2) is 73.8 Å². The van der Waals surface area contributed by atoms with Gasteiger partial charge in [0.2, 0.25) is 11.1 Å². The van der Waals surface area contributed by atoms with Gasteiger partial charge in [-0.15, -0.1) is 5.10 Å². The molecule has 0 atom stereocenters. The number of thioether (sulfide) groups is 1. The Balaban J connectivity index is 1.31. The van der Waals surface area contributed by atoms with E-state index >= 15 is 0 Å². The lowest BCUT2D eigenvalue weighted by atomic mass is 10.3. The van der Waals surface area contributed by atoms with Crippen LogP contribution in [0.15, 0.2) is 52.2 Å². The van der Waals surface area contributed by atoms with E-state index in [0.29, 0.717) is 42.8 Å². The zero-order valence-electron chi connectivity index (χ0n) is 15.3. The van der Waals surface area contributed by atoms with E-state index < -0.39 is 5.82 Å². The largest absolute Gasteiger partial charge is 0.459 e. The molecule has 0 N–H and O–H groups in total. The number of tetrazole rings is 1. The second-order valence-electron chi connectivity index (χ2n) is 6.29. The molecule has 2 aromatic heterocycles. The molecule has 0 saturated carbocycles. The van der Waals surface area contributed by atoms with Gasteiger partial charge in [0.1, 0.15) is 5.82 Å². The average Bonchev–Trinajstić information content (AvgIpc) is 3.43. The summed E-state index contributed by atoms with van der Waals surface area (Å²) < 4.78 is 20.0. The number of hydrogen-bond donors (Lipinski definition) is 0. The quantitative estimate of drug-likeness (QED) is 0.581. The van der Waals surface area contributed by atoms with E-state index in [-0.39, 0.29) is 17.6 Å². The standard InChI is InChI=1S/C18H17FN6O3S/c19-13-3-1-4-14(11-13)25-18(20-21-22-25)29-12-16(26)23-6-8-24(9-7-23)17(27)15-5-2-10-28-15/h1-5,10-11H,6-9,12H2. The fourth-order valence-electron chi connectivity index (χ4n) is 2.97. The summed E-state index contributed by atoms with van der Waals surface area (Å²) in [5.41, 5.74) is 0.481. The molecule has 1 saturated heterocycles. The number of furan rings is 1. The van der Waals surface area contributed by atoms with Gasteiger partial charge in [-0.3, -0.25) is 9.59 Å². The smallest absolute Gasteiger partial charge is 0.289 e. The molecule has 0 unspecified atom stereocenters. The molecule has 3 heterocycles. The number of aromatic nitrogens is 4. The van der Waals surface area contributed by atoms with E-state index in [2.05, 4.69) is 15.5 Å². The lowest BCUT2D eigenvalue weighted by molar-refractivity contribution is -0.129. The Hall–Kier alpha value is -3.21. The Morgan fingerprint density at radius 1 is 1.10 bits per heavy atom. The first-order valence-corrected chi connectivity index (χ1v) is 9.88. The third-order valence-corrected chi connectivity index (χ3v) is 5.37. The predicted molar refractivity (Wildman–Crippen MR) is 101 cm³/mol. The molecule has 4 rings (SSSR count). The molecule has 9 nitrogen and oxygen atoms in total. The average molecular weight is 416 g/mol. The minimum absolute atomic E-state index is 0.0751. The summed E-state index contributed by atoms with van der Waals surface area (Å²) in [5.74, 6) is -0.210. The van der Waals surface area contributed by atoms with Gasteiger partial charge in [0.15, 0.2) is 5.76 Å². The van der Waals surface area contributed by atoms with E-state index in [1.54, 1.807) is 34.1 Å². The summed E-state index contributed by atoms with van der Waals surface area (Å²) in [6.07, 6.45) is 1.46. The van der Waals surface area contributed by atoms with Crippen LogP contribution >= 0.6 is 11.8 Å². The highest BCUT2D eigenvalue weighted by Gasteiger charge is 2.26.